The second-order valence-electron chi connectivity index (χ2n) is 3.44. The Morgan fingerprint density at radius 3 is 2.71 bits per heavy atom. The average Bonchev–Trinajstić information content (AvgIpc) is 2.25. The van der Waals surface area contributed by atoms with Crippen LogP contribution in [-0.2, 0) is 16.1 Å². The minimum Gasteiger partial charge on any atom is -0.377 e. The normalized spacial score (nSPS) is 12.4. The van der Waals surface area contributed by atoms with Gasteiger partial charge in [0.1, 0.15) is 6.29 Å². The van der Waals surface area contributed by atoms with Crippen LogP contribution in [0, 0.1) is 5.92 Å². The van der Waals surface area contributed by atoms with Crippen LogP contribution in [0.25, 0.3) is 0 Å². The Morgan fingerprint density at radius 1 is 1.36 bits per heavy atom. The molecular weight excluding hydrogens is 176 g/mol. The molecule has 0 amide bonds. The number of carbonyl (C=O) groups excluding carboxylic acids is 1. The lowest BCUT2D eigenvalue weighted by molar-refractivity contribution is -0.111. The minimum atomic E-state index is 0.103. The van der Waals surface area contributed by atoms with E-state index in [1.54, 1.807) is 0 Å². The second-order valence-corrected chi connectivity index (χ2v) is 3.44. The lowest BCUT2D eigenvalue weighted by atomic mass is 10.1. The van der Waals surface area contributed by atoms with Gasteiger partial charge in [0.25, 0.3) is 0 Å². The number of hydrogen-bond donors (Lipinski definition) is 0. The van der Waals surface area contributed by atoms with E-state index in [1.807, 2.05) is 37.3 Å². The molecule has 0 radical (unpaired) electrons. The first kappa shape index (κ1) is 10.9. The summed E-state index contributed by atoms with van der Waals surface area (Å²) < 4.78 is 5.43. The first-order valence-electron chi connectivity index (χ1n) is 4.90. The van der Waals surface area contributed by atoms with Gasteiger partial charge in [-0.1, -0.05) is 37.3 Å². The van der Waals surface area contributed by atoms with Crippen molar-refractivity contribution in [1.29, 1.82) is 0 Å². The molecule has 0 saturated carbocycles. The van der Waals surface area contributed by atoms with Crippen molar-refractivity contribution in [2.75, 3.05) is 6.61 Å². The second kappa shape index (κ2) is 6.33. The van der Waals surface area contributed by atoms with Gasteiger partial charge in [-0.25, -0.2) is 0 Å². The Morgan fingerprint density at radius 2 is 2.07 bits per heavy atom. The van der Waals surface area contributed by atoms with Crippen molar-refractivity contribution in [3.8, 4) is 0 Å². The fraction of sp³-hybridized carbons (Fsp3) is 0.417. The molecule has 0 bridgehead atoms. The maximum absolute atomic E-state index is 10.3. The van der Waals surface area contributed by atoms with Crippen LogP contribution in [0.2, 0.25) is 0 Å². The number of carbonyl (C=O) groups is 1. The highest BCUT2D eigenvalue weighted by molar-refractivity contribution is 5.52. The zero-order chi connectivity index (χ0) is 10.2. The van der Waals surface area contributed by atoms with E-state index in [4.69, 9.17) is 4.74 Å². The molecule has 2 nitrogen and oxygen atoms in total. The van der Waals surface area contributed by atoms with Crippen LogP contribution in [0.1, 0.15) is 18.9 Å². The van der Waals surface area contributed by atoms with Gasteiger partial charge in [-0.2, -0.15) is 0 Å². The SMILES string of the molecule is CC(C=O)CCOCc1ccccc1. The van der Waals surface area contributed by atoms with Crippen molar-refractivity contribution >= 4 is 6.29 Å². The Bertz CT molecular complexity index is 256. The predicted molar refractivity (Wildman–Crippen MR) is 55.9 cm³/mol. The van der Waals surface area contributed by atoms with E-state index in [0.29, 0.717) is 13.2 Å². The summed E-state index contributed by atoms with van der Waals surface area (Å²) in [6.07, 6.45) is 1.77. The van der Waals surface area contributed by atoms with Crippen molar-refractivity contribution in [2.24, 2.45) is 5.92 Å². The molecule has 1 aromatic rings. The molecule has 0 saturated heterocycles. The fourth-order valence-corrected chi connectivity index (χ4v) is 1.10. The summed E-state index contributed by atoms with van der Waals surface area (Å²) in [5.74, 6) is 0.103. The quantitative estimate of drug-likeness (QED) is 0.511. The van der Waals surface area contributed by atoms with E-state index in [2.05, 4.69) is 0 Å². The van der Waals surface area contributed by atoms with E-state index in [-0.39, 0.29) is 5.92 Å². The molecule has 2 heteroatoms. The Labute approximate surface area is 84.9 Å². The smallest absolute Gasteiger partial charge is 0.122 e. The molecule has 0 aliphatic heterocycles. The molecule has 0 fully saturated rings. The van der Waals surface area contributed by atoms with Gasteiger partial charge >= 0.3 is 0 Å². The van der Waals surface area contributed by atoms with Gasteiger partial charge < -0.3 is 9.53 Å². The third-order valence-corrected chi connectivity index (χ3v) is 2.06. The Hall–Kier alpha value is -1.15. The van der Waals surface area contributed by atoms with Crippen LogP contribution in [0.15, 0.2) is 30.3 Å². The highest BCUT2D eigenvalue weighted by Gasteiger charge is 1.98. The summed E-state index contributed by atoms with van der Waals surface area (Å²) in [7, 11) is 0. The molecule has 14 heavy (non-hydrogen) atoms. The molecule has 0 aliphatic carbocycles. The van der Waals surface area contributed by atoms with Gasteiger partial charge in [-0.05, 0) is 12.0 Å². The summed E-state index contributed by atoms with van der Waals surface area (Å²) in [4.78, 5) is 10.3. The first-order valence-corrected chi connectivity index (χ1v) is 4.90. The summed E-state index contributed by atoms with van der Waals surface area (Å²) in [5, 5.41) is 0. The van der Waals surface area contributed by atoms with Crippen molar-refractivity contribution in [2.45, 2.75) is 20.0 Å². The monoisotopic (exact) mass is 192 g/mol. The van der Waals surface area contributed by atoms with E-state index in [1.165, 1.54) is 5.56 Å². The van der Waals surface area contributed by atoms with Gasteiger partial charge in [-0.3, -0.25) is 0 Å². The van der Waals surface area contributed by atoms with Crippen LogP contribution in [-0.4, -0.2) is 12.9 Å². The average molecular weight is 192 g/mol. The molecule has 0 spiro atoms. The number of hydrogen-bond acceptors (Lipinski definition) is 2. The van der Waals surface area contributed by atoms with Gasteiger partial charge in [-0.15, -0.1) is 0 Å². The third kappa shape index (κ3) is 4.19. The topological polar surface area (TPSA) is 26.3 Å². The lowest BCUT2D eigenvalue weighted by Gasteiger charge is -2.05. The molecule has 1 aromatic carbocycles. The third-order valence-electron chi connectivity index (χ3n) is 2.06. The lowest BCUT2D eigenvalue weighted by Crippen LogP contribution is -2.02. The zero-order valence-electron chi connectivity index (χ0n) is 8.48. The van der Waals surface area contributed by atoms with E-state index in [0.717, 1.165) is 12.7 Å². The van der Waals surface area contributed by atoms with Crippen molar-refractivity contribution in [3.05, 3.63) is 35.9 Å². The zero-order valence-corrected chi connectivity index (χ0v) is 8.48. The summed E-state index contributed by atoms with van der Waals surface area (Å²) in [6.45, 7) is 3.18. The van der Waals surface area contributed by atoms with Crippen molar-refractivity contribution in [1.82, 2.24) is 0 Å². The van der Waals surface area contributed by atoms with Gasteiger partial charge in [0, 0.05) is 12.5 Å². The van der Waals surface area contributed by atoms with E-state index < -0.39 is 0 Å². The van der Waals surface area contributed by atoms with E-state index >= 15 is 0 Å². The van der Waals surface area contributed by atoms with Crippen molar-refractivity contribution < 1.29 is 9.53 Å². The molecule has 1 rings (SSSR count). The summed E-state index contributed by atoms with van der Waals surface area (Å²) in [5.41, 5.74) is 1.17. The molecule has 0 aromatic heterocycles. The van der Waals surface area contributed by atoms with Gasteiger partial charge in [0.2, 0.25) is 0 Å². The molecule has 0 aliphatic rings. The molecule has 0 N–H and O–H groups in total. The largest absolute Gasteiger partial charge is 0.377 e. The Kier molecular flexibility index (Phi) is 4.94. The predicted octanol–water partition coefficient (Wildman–Crippen LogP) is 2.43. The van der Waals surface area contributed by atoms with Crippen LogP contribution in [0.3, 0.4) is 0 Å². The fourth-order valence-electron chi connectivity index (χ4n) is 1.10. The molecule has 1 unspecified atom stereocenters. The van der Waals surface area contributed by atoms with Crippen LogP contribution >= 0.6 is 0 Å². The summed E-state index contributed by atoms with van der Waals surface area (Å²) in [6, 6.07) is 10.0. The van der Waals surface area contributed by atoms with E-state index in [9.17, 15) is 4.79 Å². The van der Waals surface area contributed by atoms with Gasteiger partial charge in [0.05, 0.1) is 6.61 Å². The first-order chi connectivity index (χ1) is 6.83. The van der Waals surface area contributed by atoms with Crippen LogP contribution in [0.4, 0.5) is 0 Å². The highest BCUT2D eigenvalue weighted by atomic mass is 16.5. The summed E-state index contributed by atoms with van der Waals surface area (Å²) >= 11 is 0. The number of rotatable bonds is 6. The standard InChI is InChI=1S/C12H16O2/c1-11(9-13)7-8-14-10-12-5-3-2-4-6-12/h2-6,9,11H,7-8,10H2,1H3. The van der Waals surface area contributed by atoms with Crippen LogP contribution < -0.4 is 0 Å². The molecule has 1 atom stereocenters. The van der Waals surface area contributed by atoms with Crippen molar-refractivity contribution in [3.63, 3.8) is 0 Å². The number of benzene rings is 1. The molecular formula is C12H16O2. The van der Waals surface area contributed by atoms with Crippen LogP contribution in [0.5, 0.6) is 0 Å². The number of ether oxygens (including phenoxy) is 1. The van der Waals surface area contributed by atoms with Gasteiger partial charge in [0.15, 0.2) is 0 Å². The maximum Gasteiger partial charge on any atom is 0.122 e. The molecule has 76 valence electrons. The maximum atomic E-state index is 10.3. The highest BCUT2D eigenvalue weighted by Crippen LogP contribution is 2.03. The molecule has 0 heterocycles. The minimum absolute atomic E-state index is 0.103. The number of aldehydes is 1. The Balaban J connectivity index is 2.13.